The van der Waals surface area contributed by atoms with E-state index in [9.17, 15) is 0 Å². The molecular weight excluding hydrogens is 210 g/mol. The molecule has 0 spiro atoms. The maximum Gasteiger partial charge on any atom is 0.185 e. The van der Waals surface area contributed by atoms with Gasteiger partial charge < -0.3 is 10.1 Å². The maximum atomic E-state index is 8.68. The molecule has 1 saturated heterocycles. The zero-order valence-electron chi connectivity index (χ0n) is 8.99. The van der Waals surface area contributed by atoms with E-state index >= 15 is 0 Å². The molecule has 5 heteroatoms. The highest BCUT2D eigenvalue weighted by atomic mass is 32.1. The molecular formula is C10H17N3OS. The Kier molecular flexibility index (Phi) is 3.56. The summed E-state index contributed by atoms with van der Waals surface area (Å²) in [4.78, 5) is 8.02. The number of hydroxylamine groups is 1. The number of anilines is 1. The third kappa shape index (κ3) is 2.48. The van der Waals surface area contributed by atoms with Crippen LogP contribution in [0, 0.1) is 6.92 Å². The van der Waals surface area contributed by atoms with Crippen molar-refractivity contribution >= 4 is 16.5 Å². The molecule has 1 aliphatic rings. The van der Waals surface area contributed by atoms with Gasteiger partial charge in [-0.1, -0.05) is 0 Å². The molecule has 2 N–H and O–H groups in total. The molecule has 84 valence electrons. The fraction of sp³-hybridized carbons (Fsp3) is 0.700. The number of nitrogens with zero attached hydrogens (tertiary/aromatic N) is 2. The fourth-order valence-corrected chi connectivity index (χ4v) is 2.91. The Morgan fingerprint density at radius 3 is 2.80 bits per heavy atom. The smallest absolute Gasteiger partial charge is 0.185 e. The summed E-state index contributed by atoms with van der Waals surface area (Å²) < 4.78 is 0. The van der Waals surface area contributed by atoms with Gasteiger partial charge in [0, 0.05) is 18.0 Å². The van der Waals surface area contributed by atoms with Crippen molar-refractivity contribution in [2.75, 3.05) is 18.0 Å². The second-order valence-corrected chi connectivity index (χ2v) is 4.95. The van der Waals surface area contributed by atoms with Gasteiger partial charge in [-0.05, 0) is 26.2 Å². The summed E-state index contributed by atoms with van der Waals surface area (Å²) >= 11 is 1.68. The van der Waals surface area contributed by atoms with Crippen LogP contribution in [-0.4, -0.2) is 23.3 Å². The van der Waals surface area contributed by atoms with E-state index in [0.717, 1.165) is 28.8 Å². The molecule has 1 aromatic rings. The number of hydrogen-bond donors (Lipinski definition) is 2. The van der Waals surface area contributed by atoms with E-state index < -0.39 is 0 Å². The van der Waals surface area contributed by atoms with E-state index in [4.69, 9.17) is 5.21 Å². The van der Waals surface area contributed by atoms with E-state index in [1.54, 1.807) is 11.3 Å². The van der Waals surface area contributed by atoms with Crippen LogP contribution in [0.3, 0.4) is 0 Å². The first-order valence-corrected chi connectivity index (χ1v) is 6.21. The maximum absolute atomic E-state index is 8.68. The molecule has 0 radical (unpaired) electrons. The third-order valence-electron chi connectivity index (χ3n) is 2.75. The average Bonchev–Trinajstić information content (AvgIpc) is 2.63. The predicted molar refractivity (Wildman–Crippen MR) is 61.5 cm³/mol. The fourth-order valence-electron chi connectivity index (χ4n) is 1.87. The lowest BCUT2D eigenvalue weighted by Gasteiger charge is -2.25. The topological polar surface area (TPSA) is 48.4 Å². The van der Waals surface area contributed by atoms with Crippen LogP contribution in [0.2, 0.25) is 0 Å². The lowest BCUT2D eigenvalue weighted by atomic mass is 10.1. The lowest BCUT2D eigenvalue weighted by molar-refractivity contribution is 0.162. The summed E-state index contributed by atoms with van der Waals surface area (Å²) in [5, 5.41) is 9.79. The number of rotatable bonds is 3. The van der Waals surface area contributed by atoms with E-state index in [1.165, 1.54) is 19.3 Å². The number of aryl methyl sites for hydroxylation is 1. The number of piperidine rings is 1. The van der Waals surface area contributed by atoms with Crippen molar-refractivity contribution in [3.63, 3.8) is 0 Å². The van der Waals surface area contributed by atoms with Gasteiger partial charge in [0.05, 0.1) is 12.2 Å². The summed E-state index contributed by atoms with van der Waals surface area (Å²) in [6.45, 7) is 4.74. The normalized spacial score (nSPS) is 17.1. The van der Waals surface area contributed by atoms with Gasteiger partial charge in [-0.25, -0.2) is 10.5 Å². The summed E-state index contributed by atoms with van der Waals surface area (Å²) in [6, 6.07) is 0. The van der Waals surface area contributed by atoms with Gasteiger partial charge in [-0.2, -0.15) is 0 Å². The van der Waals surface area contributed by atoms with Gasteiger partial charge in [0.15, 0.2) is 5.13 Å². The Labute approximate surface area is 93.9 Å². The summed E-state index contributed by atoms with van der Waals surface area (Å²) in [6.07, 6.45) is 3.88. The van der Waals surface area contributed by atoms with Crippen LogP contribution < -0.4 is 10.4 Å². The SMILES string of the molecule is Cc1nc(N2CCCCC2)sc1CNO. The highest BCUT2D eigenvalue weighted by Crippen LogP contribution is 2.27. The second-order valence-electron chi connectivity index (χ2n) is 3.89. The predicted octanol–water partition coefficient (Wildman–Crippen LogP) is 1.92. The standard InChI is InChI=1S/C10H17N3OS/c1-8-9(7-11-14)15-10(12-8)13-5-3-2-4-6-13/h11,14H,2-7H2,1H3. The Hall–Kier alpha value is -0.650. The van der Waals surface area contributed by atoms with Crippen LogP contribution in [-0.2, 0) is 6.54 Å². The molecule has 0 atom stereocenters. The molecule has 0 bridgehead atoms. The van der Waals surface area contributed by atoms with Gasteiger partial charge in [0.1, 0.15) is 0 Å². The highest BCUT2D eigenvalue weighted by Gasteiger charge is 2.16. The minimum Gasteiger partial charge on any atom is -0.348 e. The highest BCUT2D eigenvalue weighted by molar-refractivity contribution is 7.15. The van der Waals surface area contributed by atoms with Crippen molar-refractivity contribution in [3.05, 3.63) is 10.6 Å². The summed E-state index contributed by atoms with van der Waals surface area (Å²) in [7, 11) is 0. The molecule has 4 nitrogen and oxygen atoms in total. The Balaban J connectivity index is 2.10. The zero-order valence-corrected chi connectivity index (χ0v) is 9.81. The van der Waals surface area contributed by atoms with Gasteiger partial charge in [0.2, 0.25) is 0 Å². The first-order chi connectivity index (χ1) is 7.31. The molecule has 0 saturated carbocycles. The van der Waals surface area contributed by atoms with Crippen LogP contribution >= 0.6 is 11.3 Å². The third-order valence-corrected chi connectivity index (χ3v) is 3.97. The molecule has 2 heterocycles. The van der Waals surface area contributed by atoms with Crippen LogP contribution in [0.25, 0.3) is 0 Å². The molecule has 15 heavy (non-hydrogen) atoms. The van der Waals surface area contributed by atoms with Crippen molar-refractivity contribution in [2.24, 2.45) is 0 Å². The minimum atomic E-state index is 0.497. The van der Waals surface area contributed by atoms with Crippen LogP contribution in [0.1, 0.15) is 29.8 Å². The molecule has 0 amide bonds. The largest absolute Gasteiger partial charge is 0.348 e. The van der Waals surface area contributed by atoms with Gasteiger partial charge in [-0.15, -0.1) is 11.3 Å². The second kappa shape index (κ2) is 4.92. The Bertz CT molecular complexity index is 320. The lowest BCUT2D eigenvalue weighted by Crippen LogP contribution is -2.29. The Morgan fingerprint density at radius 1 is 1.40 bits per heavy atom. The van der Waals surface area contributed by atoms with Crippen molar-refractivity contribution < 1.29 is 5.21 Å². The number of hydrogen-bond acceptors (Lipinski definition) is 5. The van der Waals surface area contributed by atoms with E-state index in [2.05, 4.69) is 15.4 Å². The summed E-state index contributed by atoms with van der Waals surface area (Å²) in [5.41, 5.74) is 3.22. The van der Waals surface area contributed by atoms with Crippen LogP contribution in [0.15, 0.2) is 0 Å². The van der Waals surface area contributed by atoms with Crippen molar-refractivity contribution in [1.82, 2.24) is 10.5 Å². The molecule has 1 fully saturated rings. The van der Waals surface area contributed by atoms with E-state index in [0.29, 0.717) is 6.54 Å². The molecule has 2 rings (SSSR count). The number of aromatic nitrogens is 1. The summed E-state index contributed by atoms with van der Waals surface area (Å²) in [5.74, 6) is 0. The van der Waals surface area contributed by atoms with Gasteiger partial charge in [0.25, 0.3) is 0 Å². The van der Waals surface area contributed by atoms with Gasteiger partial charge in [-0.3, -0.25) is 0 Å². The average molecular weight is 227 g/mol. The van der Waals surface area contributed by atoms with Gasteiger partial charge >= 0.3 is 0 Å². The molecule has 0 aliphatic carbocycles. The Morgan fingerprint density at radius 2 is 2.13 bits per heavy atom. The number of nitrogens with one attached hydrogen (secondary N) is 1. The quantitative estimate of drug-likeness (QED) is 0.775. The zero-order chi connectivity index (χ0) is 10.7. The first-order valence-electron chi connectivity index (χ1n) is 5.39. The van der Waals surface area contributed by atoms with Crippen molar-refractivity contribution in [2.45, 2.75) is 32.7 Å². The van der Waals surface area contributed by atoms with E-state index in [1.807, 2.05) is 6.92 Å². The molecule has 0 aromatic carbocycles. The molecule has 1 aliphatic heterocycles. The molecule has 0 unspecified atom stereocenters. The van der Waals surface area contributed by atoms with E-state index in [-0.39, 0.29) is 0 Å². The monoisotopic (exact) mass is 227 g/mol. The molecule has 1 aromatic heterocycles. The van der Waals surface area contributed by atoms with Crippen molar-refractivity contribution in [3.8, 4) is 0 Å². The first kappa shape index (κ1) is 10.9. The van der Waals surface area contributed by atoms with Crippen molar-refractivity contribution in [1.29, 1.82) is 0 Å². The van der Waals surface area contributed by atoms with Crippen LogP contribution in [0.4, 0.5) is 5.13 Å². The van der Waals surface area contributed by atoms with Crippen LogP contribution in [0.5, 0.6) is 0 Å². The minimum absolute atomic E-state index is 0.497. The number of thiazole rings is 1.